The molecule has 7 nitrogen and oxygen atoms in total. The van der Waals surface area contributed by atoms with Crippen molar-refractivity contribution in [2.75, 3.05) is 42.4 Å². The molecule has 3 aliphatic rings. The zero-order chi connectivity index (χ0) is 22.1. The predicted octanol–water partition coefficient (Wildman–Crippen LogP) is 4.10. The Morgan fingerprint density at radius 1 is 1.06 bits per heavy atom. The van der Waals surface area contributed by atoms with E-state index in [2.05, 4.69) is 33.4 Å². The summed E-state index contributed by atoms with van der Waals surface area (Å²) in [6, 6.07) is 10.4. The van der Waals surface area contributed by atoms with E-state index in [0.29, 0.717) is 6.54 Å². The molecule has 5 rings (SSSR count). The lowest BCUT2D eigenvalue weighted by molar-refractivity contribution is -0.124. The van der Waals surface area contributed by atoms with Crippen LogP contribution in [0.15, 0.2) is 36.5 Å². The van der Waals surface area contributed by atoms with E-state index in [0.717, 1.165) is 73.6 Å². The molecule has 1 amide bonds. The number of carbonyl (C=O) groups excluding carboxylic acids is 1. The molecule has 1 aromatic heterocycles. The molecule has 1 N–H and O–H groups in total. The third-order valence-corrected chi connectivity index (χ3v) is 7.21. The summed E-state index contributed by atoms with van der Waals surface area (Å²) < 4.78 is 11.1. The van der Waals surface area contributed by atoms with Crippen LogP contribution in [0, 0.1) is 5.92 Å². The Morgan fingerprint density at radius 2 is 1.88 bits per heavy atom. The Labute approximate surface area is 189 Å². The number of carbonyl (C=O) groups is 1. The van der Waals surface area contributed by atoms with Gasteiger partial charge < -0.3 is 24.6 Å². The first-order valence-electron chi connectivity index (χ1n) is 11.6. The second kappa shape index (κ2) is 9.08. The van der Waals surface area contributed by atoms with Crippen LogP contribution >= 0.6 is 0 Å². The molecule has 0 radical (unpaired) electrons. The number of pyridine rings is 1. The normalized spacial score (nSPS) is 25.0. The van der Waals surface area contributed by atoms with Crippen molar-refractivity contribution in [3.63, 3.8) is 0 Å². The summed E-state index contributed by atoms with van der Waals surface area (Å²) in [5.41, 5.74) is 4.02. The predicted molar refractivity (Wildman–Crippen MR) is 126 cm³/mol. The summed E-state index contributed by atoms with van der Waals surface area (Å²) in [4.78, 5) is 22.7. The first-order chi connectivity index (χ1) is 15.7. The maximum absolute atomic E-state index is 13.8. The molecule has 2 aromatic rings. The number of nitrogens with one attached hydrogen (secondary N) is 1. The standard InChI is InChI=1S/C25H32N4O3/c1-31-20-8-5-17(6-9-20)25(30)29-15-18-4-3-12-26-24(18)27-22-10-7-19(14-23(22)29)28-13-11-21(16-28)32-2/h3-4,7,10,12,14,17,20-21H,5-6,8-9,11,13,15-16H2,1-2H3,(H,26,27). The van der Waals surface area contributed by atoms with Gasteiger partial charge >= 0.3 is 0 Å². The summed E-state index contributed by atoms with van der Waals surface area (Å²) in [6.07, 6.45) is 6.97. The van der Waals surface area contributed by atoms with Crippen molar-refractivity contribution in [3.05, 3.63) is 42.1 Å². The van der Waals surface area contributed by atoms with E-state index >= 15 is 0 Å². The topological polar surface area (TPSA) is 66.9 Å². The highest BCUT2D eigenvalue weighted by Crippen LogP contribution is 2.40. The summed E-state index contributed by atoms with van der Waals surface area (Å²) in [7, 11) is 3.54. The summed E-state index contributed by atoms with van der Waals surface area (Å²) >= 11 is 0. The minimum Gasteiger partial charge on any atom is -0.381 e. The Hall–Kier alpha value is -2.64. The molecule has 32 heavy (non-hydrogen) atoms. The zero-order valence-corrected chi connectivity index (χ0v) is 18.9. The van der Waals surface area contributed by atoms with Crippen molar-refractivity contribution in [1.82, 2.24) is 4.98 Å². The molecule has 1 saturated heterocycles. The maximum atomic E-state index is 13.8. The lowest BCUT2D eigenvalue weighted by atomic mass is 9.86. The van der Waals surface area contributed by atoms with Crippen molar-refractivity contribution in [2.24, 2.45) is 5.92 Å². The lowest BCUT2D eigenvalue weighted by Gasteiger charge is -2.32. The third-order valence-electron chi connectivity index (χ3n) is 7.21. The highest BCUT2D eigenvalue weighted by molar-refractivity contribution is 6.00. The number of hydrogen-bond acceptors (Lipinski definition) is 6. The van der Waals surface area contributed by atoms with E-state index in [1.807, 2.05) is 17.0 Å². The largest absolute Gasteiger partial charge is 0.381 e. The number of ether oxygens (including phenoxy) is 2. The zero-order valence-electron chi connectivity index (χ0n) is 18.9. The van der Waals surface area contributed by atoms with E-state index in [1.165, 1.54) is 0 Å². The van der Waals surface area contributed by atoms with Gasteiger partial charge in [0.1, 0.15) is 5.82 Å². The van der Waals surface area contributed by atoms with Crippen LogP contribution in [0.3, 0.4) is 0 Å². The van der Waals surface area contributed by atoms with Gasteiger partial charge in [0.05, 0.1) is 30.1 Å². The molecule has 1 unspecified atom stereocenters. The van der Waals surface area contributed by atoms with Gasteiger partial charge in [-0.2, -0.15) is 0 Å². The molecule has 1 atom stereocenters. The number of rotatable bonds is 4. The fraction of sp³-hybridized carbons (Fsp3) is 0.520. The van der Waals surface area contributed by atoms with Crippen LogP contribution in [0.1, 0.15) is 37.7 Å². The van der Waals surface area contributed by atoms with Gasteiger partial charge in [0.2, 0.25) is 5.91 Å². The van der Waals surface area contributed by atoms with E-state index < -0.39 is 0 Å². The Bertz CT molecular complexity index is 973. The molecule has 170 valence electrons. The van der Waals surface area contributed by atoms with Gasteiger partial charge in [0.15, 0.2) is 0 Å². The van der Waals surface area contributed by atoms with E-state index in [4.69, 9.17) is 9.47 Å². The molecule has 0 spiro atoms. The van der Waals surface area contributed by atoms with Crippen molar-refractivity contribution < 1.29 is 14.3 Å². The van der Waals surface area contributed by atoms with E-state index in [1.54, 1.807) is 20.4 Å². The Morgan fingerprint density at radius 3 is 2.62 bits per heavy atom. The smallest absolute Gasteiger partial charge is 0.230 e. The number of amides is 1. The van der Waals surface area contributed by atoms with Crippen LogP contribution in [-0.4, -0.2) is 50.4 Å². The molecular weight excluding hydrogens is 404 g/mol. The lowest BCUT2D eigenvalue weighted by Crippen LogP contribution is -2.38. The van der Waals surface area contributed by atoms with Crippen molar-refractivity contribution >= 4 is 28.8 Å². The molecular formula is C25H32N4O3. The molecule has 0 bridgehead atoms. The summed E-state index contributed by atoms with van der Waals surface area (Å²) in [6.45, 7) is 2.36. The first kappa shape index (κ1) is 21.2. The molecule has 1 aromatic carbocycles. The van der Waals surface area contributed by atoms with Gasteiger partial charge in [-0.05, 0) is 56.4 Å². The summed E-state index contributed by atoms with van der Waals surface area (Å²) in [5, 5.41) is 3.48. The number of hydrogen-bond donors (Lipinski definition) is 1. The average Bonchev–Trinajstić information content (AvgIpc) is 3.26. The van der Waals surface area contributed by atoms with Crippen molar-refractivity contribution in [1.29, 1.82) is 0 Å². The van der Waals surface area contributed by atoms with Gasteiger partial charge in [0.25, 0.3) is 0 Å². The Kier molecular flexibility index (Phi) is 6.02. The van der Waals surface area contributed by atoms with Gasteiger partial charge in [-0.25, -0.2) is 4.98 Å². The van der Waals surface area contributed by atoms with Crippen LogP contribution in [0.25, 0.3) is 0 Å². The number of fused-ring (bicyclic) bond motifs is 2. The monoisotopic (exact) mass is 436 g/mol. The van der Waals surface area contributed by atoms with Crippen LogP contribution in [0.2, 0.25) is 0 Å². The summed E-state index contributed by atoms with van der Waals surface area (Å²) in [5.74, 6) is 1.05. The van der Waals surface area contributed by atoms with E-state index in [-0.39, 0.29) is 24.0 Å². The van der Waals surface area contributed by atoms with Gasteiger partial charge in [-0.1, -0.05) is 6.07 Å². The maximum Gasteiger partial charge on any atom is 0.230 e. The molecule has 7 heteroatoms. The van der Waals surface area contributed by atoms with Crippen LogP contribution < -0.4 is 15.1 Å². The van der Waals surface area contributed by atoms with Gasteiger partial charge in [-0.3, -0.25) is 4.79 Å². The number of aromatic nitrogens is 1. The highest BCUT2D eigenvalue weighted by atomic mass is 16.5. The van der Waals surface area contributed by atoms with Gasteiger partial charge in [0, 0.05) is 50.7 Å². The fourth-order valence-electron chi connectivity index (χ4n) is 5.23. The highest BCUT2D eigenvalue weighted by Gasteiger charge is 2.33. The minimum absolute atomic E-state index is 0.0285. The SMILES string of the molecule is COC1CCC(C(=O)N2Cc3cccnc3Nc3ccc(N4CCC(OC)C4)cc32)CC1. The van der Waals surface area contributed by atoms with Crippen molar-refractivity contribution in [2.45, 2.75) is 50.9 Å². The van der Waals surface area contributed by atoms with Gasteiger partial charge in [-0.15, -0.1) is 0 Å². The molecule has 3 heterocycles. The second-order valence-electron chi connectivity index (χ2n) is 9.06. The molecule has 1 saturated carbocycles. The number of methoxy groups -OCH3 is 2. The van der Waals surface area contributed by atoms with Crippen LogP contribution in [0.5, 0.6) is 0 Å². The first-order valence-corrected chi connectivity index (χ1v) is 11.6. The second-order valence-corrected chi connectivity index (χ2v) is 9.06. The number of anilines is 4. The molecule has 1 aliphatic carbocycles. The van der Waals surface area contributed by atoms with E-state index in [9.17, 15) is 4.79 Å². The minimum atomic E-state index is 0.0285. The van der Waals surface area contributed by atoms with Crippen molar-refractivity contribution in [3.8, 4) is 0 Å². The fourth-order valence-corrected chi connectivity index (χ4v) is 5.23. The van der Waals surface area contributed by atoms with Crippen LogP contribution in [-0.2, 0) is 20.8 Å². The molecule has 2 fully saturated rings. The number of benzene rings is 1. The third kappa shape index (κ3) is 4.07. The quantitative estimate of drug-likeness (QED) is 0.778. The van der Waals surface area contributed by atoms with Crippen LogP contribution in [0.4, 0.5) is 22.9 Å². The number of nitrogens with zero attached hydrogens (tertiary/aromatic N) is 3. The average molecular weight is 437 g/mol. The Balaban J connectivity index is 1.48. The molecule has 2 aliphatic heterocycles.